The average Bonchev–Trinajstić information content (AvgIpc) is 2.55. The number of benzene rings is 2. The summed E-state index contributed by atoms with van der Waals surface area (Å²) in [7, 11) is -3.54. The molecule has 0 aliphatic heterocycles. The molecule has 0 radical (unpaired) electrons. The smallest absolute Gasteiger partial charge is 0.240 e. The number of ketones is 1. The van der Waals surface area contributed by atoms with E-state index in [1.54, 1.807) is 19.1 Å². The van der Waals surface area contributed by atoms with Crippen molar-refractivity contribution in [1.82, 2.24) is 4.72 Å². The second-order valence-corrected chi connectivity index (χ2v) is 6.70. The van der Waals surface area contributed by atoms with E-state index in [-0.39, 0.29) is 10.7 Å². The highest BCUT2D eigenvalue weighted by Gasteiger charge is 2.14. The number of carbonyl (C=O) groups is 1. The Morgan fingerprint density at radius 3 is 2.23 bits per heavy atom. The van der Waals surface area contributed by atoms with Crippen molar-refractivity contribution in [2.45, 2.75) is 24.7 Å². The van der Waals surface area contributed by atoms with Crippen LogP contribution in [-0.2, 0) is 16.4 Å². The van der Waals surface area contributed by atoms with Crippen molar-refractivity contribution in [3.63, 3.8) is 0 Å². The molecule has 0 spiro atoms. The van der Waals surface area contributed by atoms with Crippen molar-refractivity contribution in [2.24, 2.45) is 0 Å². The number of carbonyl (C=O) groups excluding carboxylic acids is 1. The van der Waals surface area contributed by atoms with Gasteiger partial charge in [-0.3, -0.25) is 4.79 Å². The monoisotopic (exact) mass is 317 g/mol. The van der Waals surface area contributed by atoms with Gasteiger partial charge in [0.25, 0.3) is 0 Å². The molecule has 0 aromatic heterocycles. The van der Waals surface area contributed by atoms with Gasteiger partial charge in [0, 0.05) is 18.5 Å². The van der Waals surface area contributed by atoms with Gasteiger partial charge in [-0.25, -0.2) is 13.1 Å². The van der Waals surface area contributed by atoms with Gasteiger partial charge in [-0.2, -0.15) is 0 Å². The first-order valence-corrected chi connectivity index (χ1v) is 8.68. The first-order valence-electron chi connectivity index (χ1n) is 7.20. The third-order valence-corrected chi connectivity index (χ3v) is 4.83. The van der Waals surface area contributed by atoms with E-state index in [0.29, 0.717) is 24.9 Å². The summed E-state index contributed by atoms with van der Waals surface area (Å²) in [6.07, 6.45) is 1.04. The molecule has 0 aliphatic rings. The number of rotatable bonds is 7. The molecule has 2 rings (SSSR count). The lowest BCUT2D eigenvalue weighted by Gasteiger charge is -2.07. The minimum Gasteiger partial charge on any atom is -0.294 e. The second kappa shape index (κ2) is 7.33. The van der Waals surface area contributed by atoms with Crippen LogP contribution in [0.3, 0.4) is 0 Å². The maximum Gasteiger partial charge on any atom is 0.240 e. The van der Waals surface area contributed by atoms with E-state index in [2.05, 4.69) is 4.72 Å². The van der Waals surface area contributed by atoms with Crippen LogP contribution in [0.15, 0.2) is 59.5 Å². The molecular weight excluding hydrogens is 298 g/mol. The third-order valence-electron chi connectivity index (χ3n) is 3.36. The van der Waals surface area contributed by atoms with Crippen LogP contribution in [0.2, 0.25) is 0 Å². The topological polar surface area (TPSA) is 63.2 Å². The van der Waals surface area contributed by atoms with Gasteiger partial charge in [0.05, 0.1) is 4.90 Å². The number of hydrogen-bond donors (Lipinski definition) is 1. The number of sulfonamides is 1. The quantitative estimate of drug-likeness (QED) is 0.799. The molecule has 22 heavy (non-hydrogen) atoms. The van der Waals surface area contributed by atoms with Gasteiger partial charge in [-0.05, 0) is 24.1 Å². The Kier molecular flexibility index (Phi) is 5.46. The Bertz CT molecular complexity index is 722. The maximum atomic E-state index is 12.2. The van der Waals surface area contributed by atoms with E-state index in [1.165, 1.54) is 12.1 Å². The van der Waals surface area contributed by atoms with Crippen LogP contribution >= 0.6 is 0 Å². The van der Waals surface area contributed by atoms with Crippen LogP contribution in [0.1, 0.15) is 29.3 Å². The van der Waals surface area contributed by atoms with E-state index in [0.717, 1.165) is 5.56 Å². The maximum absolute atomic E-state index is 12.2. The minimum atomic E-state index is -3.54. The largest absolute Gasteiger partial charge is 0.294 e. The van der Waals surface area contributed by atoms with Gasteiger partial charge in [0.15, 0.2) is 5.78 Å². The zero-order chi connectivity index (χ0) is 16.0. The van der Waals surface area contributed by atoms with Crippen molar-refractivity contribution >= 4 is 15.8 Å². The lowest BCUT2D eigenvalue weighted by molar-refractivity contribution is 0.0988. The van der Waals surface area contributed by atoms with Gasteiger partial charge in [-0.1, -0.05) is 49.4 Å². The van der Waals surface area contributed by atoms with Crippen LogP contribution in [0.25, 0.3) is 0 Å². The van der Waals surface area contributed by atoms with Crippen molar-refractivity contribution in [3.8, 4) is 0 Å². The number of nitrogens with one attached hydrogen (secondary N) is 1. The second-order valence-electron chi connectivity index (χ2n) is 4.93. The highest BCUT2D eigenvalue weighted by Crippen LogP contribution is 2.12. The average molecular weight is 317 g/mol. The van der Waals surface area contributed by atoms with Crippen LogP contribution in [0, 0.1) is 0 Å². The molecule has 0 fully saturated rings. The summed E-state index contributed by atoms with van der Waals surface area (Å²) in [6, 6.07) is 15.7. The predicted octanol–water partition coefficient (Wildman–Crippen LogP) is 2.80. The molecule has 0 saturated carbocycles. The first kappa shape index (κ1) is 16.4. The Morgan fingerprint density at radius 1 is 1.00 bits per heavy atom. The molecule has 116 valence electrons. The van der Waals surface area contributed by atoms with E-state index in [1.807, 2.05) is 30.3 Å². The summed E-state index contributed by atoms with van der Waals surface area (Å²) < 4.78 is 26.9. The third kappa shape index (κ3) is 4.26. The van der Waals surface area contributed by atoms with E-state index in [9.17, 15) is 13.2 Å². The molecule has 0 amide bonds. The van der Waals surface area contributed by atoms with Gasteiger partial charge in [-0.15, -0.1) is 0 Å². The summed E-state index contributed by atoms with van der Waals surface area (Å²) in [5, 5.41) is 0. The zero-order valence-electron chi connectivity index (χ0n) is 12.5. The molecule has 0 heterocycles. The molecule has 0 atom stereocenters. The zero-order valence-corrected chi connectivity index (χ0v) is 13.3. The SMILES string of the molecule is CCC(=O)c1ccc(S(=O)(=O)NCCc2ccccc2)cc1. The summed E-state index contributed by atoms with van der Waals surface area (Å²) in [6.45, 7) is 2.11. The molecule has 0 bridgehead atoms. The fourth-order valence-electron chi connectivity index (χ4n) is 2.08. The Morgan fingerprint density at radius 2 is 1.64 bits per heavy atom. The van der Waals surface area contributed by atoms with Crippen LogP contribution in [0.4, 0.5) is 0 Å². The fourth-order valence-corrected chi connectivity index (χ4v) is 3.11. The summed E-state index contributed by atoms with van der Waals surface area (Å²) >= 11 is 0. The van der Waals surface area contributed by atoms with E-state index < -0.39 is 10.0 Å². The fraction of sp³-hybridized carbons (Fsp3) is 0.235. The lowest BCUT2D eigenvalue weighted by Crippen LogP contribution is -2.26. The van der Waals surface area contributed by atoms with Crippen molar-refractivity contribution in [3.05, 3.63) is 65.7 Å². The summed E-state index contributed by atoms with van der Waals surface area (Å²) in [5.74, 6) is 0.000912. The normalized spacial score (nSPS) is 11.3. The van der Waals surface area contributed by atoms with Gasteiger partial charge in [0.1, 0.15) is 0 Å². The van der Waals surface area contributed by atoms with Crippen molar-refractivity contribution in [2.75, 3.05) is 6.54 Å². The predicted molar refractivity (Wildman–Crippen MR) is 86.4 cm³/mol. The minimum absolute atomic E-state index is 0.000912. The molecule has 0 unspecified atom stereocenters. The number of Topliss-reactive ketones (excluding diaryl/α,β-unsaturated/α-hetero) is 1. The van der Waals surface area contributed by atoms with Crippen LogP contribution in [-0.4, -0.2) is 20.7 Å². The Labute approximate surface area is 131 Å². The molecule has 2 aromatic carbocycles. The Hall–Kier alpha value is -1.98. The number of hydrogen-bond acceptors (Lipinski definition) is 3. The molecule has 2 aromatic rings. The van der Waals surface area contributed by atoms with Crippen molar-refractivity contribution < 1.29 is 13.2 Å². The molecule has 0 saturated heterocycles. The molecule has 0 aliphatic carbocycles. The highest BCUT2D eigenvalue weighted by atomic mass is 32.2. The molecule has 5 heteroatoms. The van der Waals surface area contributed by atoms with E-state index in [4.69, 9.17) is 0 Å². The van der Waals surface area contributed by atoms with Gasteiger partial charge < -0.3 is 0 Å². The molecule has 4 nitrogen and oxygen atoms in total. The van der Waals surface area contributed by atoms with Gasteiger partial charge >= 0.3 is 0 Å². The summed E-state index contributed by atoms with van der Waals surface area (Å²) in [4.78, 5) is 11.7. The Balaban J connectivity index is 1.99. The van der Waals surface area contributed by atoms with Crippen LogP contribution < -0.4 is 4.72 Å². The van der Waals surface area contributed by atoms with E-state index >= 15 is 0 Å². The standard InChI is InChI=1S/C17H19NO3S/c1-2-17(19)15-8-10-16(11-9-15)22(20,21)18-13-12-14-6-4-3-5-7-14/h3-11,18H,2,12-13H2,1H3. The summed E-state index contributed by atoms with van der Waals surface area (Å²) in [5.41, 5.74) is 1.61. The van der Waals surface area contributed by atoms with Crippen molar-refractivity contribution in [1.29, 1.82) is 0 Å². The molecular formula is C17H19NO3S. The van der Waals surface area contributed by atoms with Crippen LogP contribution in [0.5, 0.6) is 0 Å². The first-order chi connectivity index (χ1) is 10.5. The lowest BCUT2D eigenvalue weighted by atomic mass is 10.1. The molecule has 1 N–H and O–H groups in total. The van der Waals surface area contributed by atoms with Gasteiger partial charge in [0.2, 0.25) is 10.0 Å². The highest BCUT2D eigenvalue weighted by molar-refractivity contribution is 7.89.